The predicted molar refractivity (Wildman–Crippen MR) is 52.2 cm³/mol. The van der Waals surface area contributed by atoms with Crippen molar-refractivity contribution in [2.45, 2.75) is 31.7 Å². The Morgan fingerprint density at radius 1 is 1.62 bits per heavy atom. The summed E-state index contributed by atoms with van der Waals surface area (Å²) in [5.41, 5.74) is 7.33. The molecule has 2 rings (SSSR count). The highest BCUT2D eigenvalue weighted by atomic mass is 15.2. The second-order valence-corrected chi connectivity index (χ2v) is 4.08. The maximum absolute atomic E-state index is 6.01. The van der Waals surface area contributed by atoms with Gasteiger partial charge in [0.25, 0.3) is 0 Å². The third-order valence-electron chi connectivity index (χ3n) is 2.97. The average molecular weight is 179 g/mol. The van der Waals surface area contributed by atoms with Gasteiger partial charge in [-0.1, -0.05) is 6.42 Å². The molecule has 0 spiro atoms. The number of aromatic nitrogens is 2. The number of nitrogens with two attached hydrogens (primary N) is 1. The molecule has 1 aromatic rings. The van der Waals surface area contributed by atoms with Crippen LogP contribution in [0.15, 0.2) is 12.4 Å². The second kappa shape index (κ2) is 3.50. The van der Waals surface area contributed by atoms with Gasteiger partial charge in [0, 0.05) is 19.3 Å². The first-order valence-corrected chi connectivity index (χ1v) is 4.99. The number of aryl methyl sites for hydroxylation is 1. The first-order valence-electron chi connectivity index (χ1n) is 4.99. The van der Waals surface area contributed by atoms with Crippen molar-refractivity contribution in [3.8, 4) is 0 Å². The molecule has 1 aliphatic carbocycles. The van der Waals surface area contributed by atoms with E-state index in [0.717, 1.165) is 6.42 Å². The fraction of sp³-hybridized carbons (Fsp3) is 0.700. The van der Waals surface area contributed by atoms with Gasteiger partial charge in [-0.2, -0.15) is 5.10 Å². The molecule has 0 saturated heterocycles. The molecule has 1 heterocycles. The summed E-state index contributed by atoms with van der Waals surface area (Å²) in [6, 6.07) is 0.417. The molecule has 0 bridgehead atoms. The molecule has 0 aromatic carbocycles. The van der Waals surface area contributed by atoms with Crippen LogP contribution in [-0.2, 0) is 13.5 Å². The smallest absolute Gasteiger partial charge is 0.0521 e. The van der Waals surface area contributed by atoms with E-state index >= 15 is 0 Å². The monoisotopic (exact) mass is 179 g/mol. The Balaban J connectivity index is 1.97. The van der Waals surface area contributed by atoms with Gasteiger partial charge in [0.05, 0.1) is 6.20 Å². The largest absolute Gasteiger partial charge is 0.327 e. The van der Waals surface area contributed by atoms with Crippen LogP contribution in [0.5, 0.6) is 0 Å². The molecule has 2 N–H and O–H groups in total. The van der Waals surface area contributed by atoms with Crippen molar-refractivity contribution in [2.24, 2.45) is 18.7 Å². The van der Waals surface area contributed by atoms with Gasteiger partial charge in [0.2, 0.25) is 0 Å². The highest BCUT2D eigenvalue weighted by Crippen LogP contribution is 2.26. The van der Waals surface area contributed by atoms with Gasteiger partial charge in [0.15, 0.2) is 0 Å². The van der Waals surface area contributed by atoms with Crippen LogP contribution in [0.25, 0.3) is 0 Å². The van der Waals surface area contributed by atoms with Gasteiger partial charge in [-0.15, -0.1) is 0 Å². The summed E-state index contributed by atoms with van der Waals surface area (Å²) in [6.07, 6.45) is 8.93. The Morgan fingerprint density at radius 2 is 2.46 bits per heavy atom. The lowest BCUT2D eigenvalue weighted by molar-refractivity contribution is 0.478. The van der Waals surface area contributed by atoms with Gasteiger partial charge in [-0.05, 0) is 30.7 Å². The Kier molecular flexibility index (Phi) is 2.36. The third kappa shape index (κ3) is 1.91. The van der Waals surface area contributed by atoms with E-state index in [1.807, 2.05) is 17.9 Å². The summed E-state index contributed by atoms with van der Waals surface area (Å²) >= 11 is 0. The van der Waals surface area contributed by atoms with Crippen molar-refractivity contribution in [3.05, 3.63) is 18.0 Å². The van der Waals surface area contributed by atoms with Gasteiger partial charge in [-0.3, -0.25) is 4.68 Å². The summed E-state index contributed by atoms with van der Waals surface area (Å²) < 4.78 is 1.86. The number of hydrogen-bond acceptors (Lipinski definition) is 2. The lowest BCUT2D eigenvalue weighted by Gasteiger charge is -2.13. The first-order chi connectivity index (χ1) is 6.25. The number of nitrogens with zero attached hydrogens (tertiary/aromatic N) is 2. The summed E-state index contributed by atoms with van der Waals surface area (Å²) in [4.78, 5) is 0. The summed E-state index contributed by atoms with van der Waals surface area (Å²) in [5, 5.41) is 4.16. The molecule has 1 aromatic heterocycles. The van der Waals surface area contributed by atoms with Crippen molar-refractivity contribution in [2.75, 3.05) is 0 Å². The zero-order valence-corrected chi connectivity index (χ0v) is 8.11. The Hall–Kier alpha value is -0.830. The van der Waals surface area contributed by atoms with Crippen LogP contribution in [0, 0.1) is 5.92 Å². The first kappa shape index (κ1) is 8.75. The van der Waals surface area contributed by atoms with E-state index in [-0.39, 0.29) is 0 Å². The summed E-state index contributed by atoms with van der Waals surface area (Å²) in [7, 11) is 1.96. The van der Waals surface area contributed by atoms with Crippen molar-refractivity contribution in [3.63, 3.8) is 0 Å². The molecular formula is C10H17N3. The van der Waals surface area contributed by atoms with Gasteiger partial charge >= 0.3 is 0 Å². The molecule has 0 radical (unpaired) electrons. The highest BCUT2D eigenvalue weighted by molar-refractivity contribution is 5.06. The zero-order chi connectivity index (χ0) is 9.26. The molecular weight excluding hydrogens is 162 g/mol. The van der Waals surface area contributed by atoms with E-state index in [9.17, 15) is 0 Å². The van der Waals surface area contributed by atoms with Crippen LogP contribution in [0.4, 0.5) is 0 Å². The summed E-state index contributed by atoms with van der Waals surface area (Å²) in [5.74, 6) is 0.684. The van der Waals surface area contributed by atoms with Crippen molar-refractivity contribution >= 4 is 0 Å². The van der Waals surface area contributed by atoms with Crippen LogP contribution in [0.1, 0.15) is 24.8 Å². The summed E-state index contributed by atoms with van der Waals surface area (Å²) in [6.45, 7) is 0. The molecule has 0 aliphatic heterocycles. The SMILES string of the molecule is Cn1cc(CC2CCCC2N)cn1. The van der Waals surface area contributed by atoms with E-state index in [2.05, 4.69) is 11.3 Å². The normalized spacial score (nSPS) is 28.2. The van der Waals surface area contributed by atoms with E-state index in [4.69, 9.17) is 5.73 Å². The molecule has 0 amide bonds. The van der Waals surface area contributed by atoms with Crippen LogP contribution >= 0.6 is 0 Å². The molecule has 72 valence electrons. The minimum Gasteiger partial charge on any atom is -0.327 e. The molecule has 13 heavy (non-hydrogen) atoms. The van der Waals surface area contributed by atoms with Gasteiger partial charge in [0.1, 0.15) is 0 Å². The molecule has 3 nitrogen and oxygen atoms in total. The second-order valence-electron chi connectivity index (χ2n) is 4.08. The fourth-order valence-corrected chi connectivity index (χ4v) is 2.20. The molecule has 2 unspecified atom stereocenters. The Labute approximate surface area is 78.9 Å². The third-order valence-corrected chi connectivity index (χ3v) is 2.97. The molecule has 1 fully saturated rings. The molecule has 1 aliphatic rings. The van der Waals surface area contributed by atoms with Crippen molar-refractivity contribution in [1.82, 2.24) is 9.78 Å². The lowest BCUT2D eigenvalue weighted by atomic mass is 9.97. The minimum atomic E-state index is 0.417. The van der Waals surface area contributed by atoms with Crippen molar-refractivity contribution in [1.29, 1.82) is 0 Å². The standard InChI is InChI=1S/C10H17N3/c1-13-7-8(6-12-13)5-9-3-2-4-10(9)11/h6-7,9-10H,2-5,11H2,1H3. The molecule has 1 saturated carbocycles. The van der Waals surface area contributed by atoms with Crippen LogP contribution in [0.3, 0.4) is 0 Å². The Bertz CT molecular complexity index is 279. The van der Waals surface area contributed by atoms with Gasteiger partial charge in [-0.25, -0.2) is 0 Å². The van der Waals surface area contributed by atoms with Crippen LogP contribution in [0.2, 0.25) is 0 Å². The number of hydrogen-bond donors (Lipinski definition) is 1. The van der Waals surface area contributed by atoms with E-state index in [0.29, 0.717) is 12.0 Å². The minimum absolute atomic E-state index is 0.417. The molecule has 2 atom stereocenters. The Morgan fingerprint density at radius 3 is 3.00 bits per heavy atom. The lowest BCUT2D eigenvalue weighted by Crippen LogP contribution is -2.25. The van der Waals surface area contributed by atoms with E-state index < -0.39 is 0 Å². The van der Waals surface area contributed by atoms with Crippen molar-refractivity contribution < 1.29 is 0 Å². The van der Waals surface area contributed by atoms with Gasteiger partial charge < -0.3 is 5.73 Å². The topological polar surface area (TPSA) is 43.8 Å². The van der Waals surface area contributed by atoms with Crippen LogP contribution in [-0.4, -0.2) is 15.8 Å². The van der Waals surface area contributed by atoms with Crippen LogP contribution < -0.4 is 5.73 Å². The molecule has 3 heteroatoms. The van der Waals surface area contributed by atoms with E-state index in [1.165, 1.54) is 24.8 Å². The maximum Gasteiger partial charge on any atom is 0.0521 e. The van der Waals surface area contributed by atoms with E-state index in [1.54, 1.807) is 0 Å². The number of rotatable bonds is 2. The quantitative estimate of drug-likeness (QED) is 0.738. The predicted octanol–water partition coefficient (Wildman–Crippen LogP) is 1.09. The average Bonchev–Trinajstić information content (AvgIpc) is 2.64. The maximum atomic E-state index is 6.01. The highest BCUT2D eigenvalue weighted by Gasteiger charge is 2.24. The zero-order valence-electron chi connectivity index (χ0n) is 8.11. The fourth-order valence-electron chi connectivity index (χ4n) is 2.20.